The molecule has 0 bridgehead atoms. The van der Waals surface area contributed by atoms with E-state index in [0.29, 0.717) is 12.5 Å². The van der Waals surface area contributed by atoms with Crippen LogP contribution >= 0.6 is 0 Å². The number of piperidine rings is 1. The van der Waals surface area contributed by atoms with Crippen molar-refractivity contribution in [2.24, 2.45) is 5.92 Å². The van der Waals surface area contributed by atoms with Gasteiger partial charge in [-0.3, -0.25) is 4.79 Å². The number of hydrogen-bond acceptors (Lipinski definition) is 3. The average Bonchev–Trinajstić information content (AvgIpc) is 3.09. The molecular weight excluding hydrogens is 290 g/mol. The second-order valence-corrected chi connectivity index (χ2v) is 6.21. The first kappa shape index (κ1) is 15.7. The normalized spacial score (nSPS) is 18.2. The first-order chi connectivity index (χ1) is 11.2. The summed E-state index contributed by atoms with van der Waals surface area (Å²) in [6, 6.07) is 5.98. The van der Waals surface area contributed by atoms with E-state index in [2.05, 4.69) is 4.98 Å². The molecule has 23 heavy (non-hydrogen) atoms. The maximum Gasteiger partial charge on any atom is 0.256 e. The molecule has 2 heterocycles. The van der Waals surface area contributed by atoms with Gasteiger partial charge in [-0.1, -0.05) is 11.6 Å². The van der Waals surface area contributed by atoms with E-state index in [1.165, 1.54) is 0 Å². The predicted molar refractivity (Wildman–Crippen MR) is 88.8 cm³/mol. The Morgan fingerprint density at radius 2 is 2.30 bits per heavy atom. The lowest BCUT2D eigenvalue weighted by molar-refractivity contribution is 0.0571. The standard InChI is InChI=1S/C18H23N3O2/c1-14-5-6-17(21-9-7-19-13-21)16(10-14)18(22)20-8-3-4-15(11-20)12-23-2/h5-7,9-10,13,15H,3-4,8,11-12H2,1-2H3/t15-/m0/s1. The van der Waals surface area contributed by atoms with Crippen molar-refractivity contribution < 1.29 is 9.53 Å². The summed E-state index contributed by atoms with van der Waals surface area (Å²) in [4.78, 5) is 19.1. The molecule has 0 unspecified atom stereocenters. The summed E-state index contributed by atoms with van der Waals surface area (Å²) in [5, 5.41) is 0. The van der Waals surface area contributed by atoms with Gasteiger partial charge in [0.15, 0.2) is 0 Å². The number of ether oxygens (including phenoxy) is 1. The summed E-state index contributed by atoms with van der Waals surface area (Å²) in [5.41, 5.74) is 2.70. The van der Waals surface area contributed by atoms with E-state index in [-0.39, 0.29) is 5.91 Å². The molecule has 1 aliphatic rings. The van der Waals surface area contributed by atoms with Crippen molar-refractivity contribution in [1.82, 2.24) is 14.5 Å². The molecular formula is C18H23N3O2. The molecule has 3 rings (SSSR count). The van der Waals surface area contributed by atoms with Gasteiger partial charge >= 0.3 is 0 Å². The number of likely N-dealkylation sites (tertiary alicyclic amines) is 1. The Labute approximate surface area is 136 Å². The van der Waals surface area contributed by atoms with Crippen LogP contribution in [0.3, 0.4) is 0 Å². The minimum absolute atomic E-state index is 0.0956. The van der Waals surface area contributed by atoms with E-state index < -0.39 is 0 Å². The number of imidazole rings is 1. The Morgan fingerprint density at radius 3 is 3.04 bits per heavy atom. The zero-order valence-electron chi connectivity index (χ0n) is 13.7. The van der Waals surface area contributed by atoms with Gasteiger partial charge in [0.2, 0.25) is 0 Å². The molecule has 1 fully saturated rings. The van der Waals surface area contributed by atoms with E-state index in [1.807, 2.05) is 40.8 Å². The Kier molecular flexibility index (Phi) is 4.76. The van der Waals surface area contributed by atoms with Gasteiger partial charge in [0.1, 0.15) is 0 Å². The fourth-order valence-corrected chi connectivity index (χ4v) is 3.24. The fraction of sp³-hybridized carbons (Fsp3) is 0.444. The summed E-state index contributed by atoms with van der Waals surface area (Å²) in [7, 11) is 1.72. The molecule has 1 aromatic heterocycles. The number of hydrogen-bond donors (Lipinski definition) is 0. The number of methoxy groups -OCH3 is 1. The van der Waals surface area contributed by atoms with Gasteiger partial charge in [-0.05, 0) is 37.8 Å². The van der Waals surface area contributed by atoms with E-state index in [4.69, 9.17) is 4.74 Å². The number of amides is 1. The number of rotatable bonds is 4. The Morgan fingerprint density at radius 1 is 1.43 bits per heavy atom. The topological polar surface area (TPSA) is 47.4 Å². The molecule has 1 saturated heterocycles. The Balaban J connectivity index is 1.88. The predicted octanol–water partition coefficient (Wildman–Crippen LogP) is 2.68. The van der Waals surface area contributed by atoms with Crippen molar-refractivity contribution in [3.05, 3.63) is 48.0 Å². The molecule has 5 heteroatoms. The maximum absolute atomic E-state index is 13.1. The van der Waals surface area contributed by atoms with Crippen LogP contribution in [0.4, 0.5) is 0 Å². The minimum Gasteiger partial charge on any atom is -0.384 e. The van der Waals surface area contributed by atoms with Crippen LogP contribution in [0.5, 0.6) is 0 Å². The highest BCUT2D eigenvalue weighted by molar-refractivity contribution is 5.98. The van der Waals surface area contributed by atoms with Crippen LogP contribution in [0, 0.1) is 12.8 Å². The third-order valence-electron chi connectivity index (χ3n) is 4.37. The molecule has 0 aliphatic carbocycles. The smallest absolute Gasteiger partial charge is 0.256 e. The van der Waals surface area contributed by atoms with Crippen LogP contribution in [0.1, 0.15) is 28.8 Å². The van der Waals surface area contributed by atoms with Gasteiger partial charge in [0, 0.05) is 32.6 Å². The first-order valence-corrected chi connectivity index (χ1v) is 8.06. The summed E-state index contributed by atoms with van der Waals surface area (Å²) in [6.45, 7) is 4.31. The van der Waals surface area contributed by atoms with Gasteiger partial charge in [0.05, 0.1) is 24.2 Å². The number of aryl methyl sites for hydroxylation is 1. The summed E-state index contributed by atoms with van der Waals surface area (Å²) >= 11 is 0. The van der Waals surface area contributed by atoms with Crippen molar-refractivity contribution in [3.63, 3.8) is 0 Å². The van der Waals surface area contributed by atoms with Crippen molar-refractivity contribution in [2.45, 2.75) is 19.8 Å². The van der Waals surface area contributed by atoms with Crippen LogP contribution in [-0.2, 0) is 4.74 Å². The van der Waals surface area contributed by atoms with E-state index in [0.717, 1.165) is 42.7 Å². The van der Waals surface area contributed by atoms with Gasteiger partial charge in [0.25, 0.3) is 5.91 Å². The number of benzene rings is 1. The highest BCUT2D eigenvalue weighted by Gasteiger charge is 2.26. The van der Waals surface area contributed by atoms with Crippen LogP contribution < -0.4 is 0 Å². The average molecular weight is 313 g/mol. The summed E-state index contributed by atoms with van der Waals surface area (Å²) < 4.78 is 7.16. The molecule has 122 valence electrons. The number of aromatic nitrogens is 2. The van der Waals surface area contributed by atoms with Crippen molar-refractivity contribution >= 4 is 5.91 Å². The van der Waals surface area contributed by atoms with Crippen molar-refractivity contribution in [2.75, 3.05) is 26.8 Å². The van der Waals surface area contributed by atoms with E-state index >= 15 is 0 Å². The van der Waals surface area contributed by atoms with Crippen LogP contribution in [0.15, 0.2) is 36.9 Å². The number of carbonyl (C=O) groups is 1. The zero-order valence-corrected chi connectivity index (χ0v) is 13.7. The highest BCUT2D eigenvalue weighted by Crippen LogP contribution is 2.23. The lowest BCUT2D eigenvalue weighted by Gasteiger charge is -2.33. The monoisotopic (exact) mass is 313 g/mol. The summed E-state index contributed by atoms with van der Waals surface area (Å²) in [5.74, 6) is 0.525. The lowest BCUT2D eigenvalue weighted by Crippen LogP contribution is -2.41. The molecule has 2 aromatic rings. The molecule has 0 N–H and O–H groups in total. The minimum atomic E-state index is 0.0956. The quantitative estimate of drug-likeness (QED) is 0.872. The van der Waals surface area contributed by atoms with Gasteiger partial charge < -0.3 is 14.2 Å². The Hall–Kier alpha value is -2.14. The maximum atomic E-state index is 13.1. The largest absolute Gasteiger partial charge is 0.384 e. The molecule has 1 amide bonds. The highest BCUT2D eigenvalue weighted by atomic mass is 16.5. The fourth-order valence-electron chi connectivity index (χ4n) is 3.24. The van der Waals surface area contributed by atoms with Gasteiger partial charge in [-0.25, -0.2) is 4.98 Å². The summed E-state index contributed by atoms with van der Waals surface area (Å²) in [6.07, 6.45) is 7.48. The number of nitrogens with zero attached hydrogens (tertiary/aromatic N) is 3. The van der Waals surface area contributed by atoms with Crippen molar-refractivity contribution in [3.8, 4) is 5.69 Å². The van der Waals surface area contributed by atoms with Crippen molar-refractivity contribution in [1.29, 1.82) is 0 Å². The molecule has 0 spiro atoms. The van der Waals surface area contributed by atoms with Crippen LogP contribution in [0.2, 0.25) is 0 Å². The van der Waals surface area contributed by atoms with Crippen LogP contribution in [0.25, 0.3) is 5.69 Å². The molecule has 5 nitrogen and oxygen atoms in total. The Bertz CT molecular complexity index is 665. The third-order valence-corrected chi connectivity index (χ3v) is 4.37. The molecule has 1 aromatic carbocycles. The zero-order chi connectivity index (χ0) is 16.2. The molecule has 1 aliphatic heterocycles. The second-order valence-electron chi connectivity index (χ2n) is 6.21. The second kappa shape index (κ2) is 6.96. The SMILES string of the molecule is COC[C@H]1CCCN(C(=O)c2cc(C)ccc2-n2ccnc2)C1. The number of carbonyl (C=O) groups excluding carboxylic acids is 1. The third kappa shape index (κ3) is 3.45. The molecule has 1 atom stereocenters. The molecule has 0 radical (unpaired) electrons. The van der Waals surface area contributed by atoms with Gasteiger partial charge in [-0.2, -0.15) is 0 Å². The van der Waals surface area contributed by atoms with Crippen LogP contribution in [-0.4, -0.2) is 47.2 Å². The van der Waals surface area contributed by atoms with E-state index in [1.54, 1.807) is 19.6 Å². The van der Waals surface area contributed by atoms with Gasteiger partial charge in [-0.15, -0.1) is 0 Å². The lowest BCUT2D eigenvalue weighted by atomic mass is 9.97. The first-order valence-electron chi connectivity index (χ1n) is 8.06. The van der Waals surface area contributed by atoms with E-state index in [9.17, 15) is 4.79 Å². The molecule has 0 saturated carbocycles.